The van der Waals surface area contributed by atoms with Gasteiger partial charge in [-0.05, 0) is 56.9 Å². The molecule has 27 heavy (non-hydrogen) atoms. The summed E-state index contributed by atoms with van der Waals surface area (Å²) in [6.07, 6.45) is 4.78. The molecule has 2 atom stereocenters. The van der Waals surface area contributed by atoms with Crippen LogP contribution in [-0.2, 0) is 0 Å². The van der Waals surface area contributed by atoms with Crippen molar-refractivity contribution in [1.82, 2.24) is 0 Å². The molecule has 0 aromatic heterocycles. The zero-order valence-corrected chi connectivity index (χ0v) is 17.6. The van der Waals surface area contributed by atoms with E-state index in [-0.39, 0.29) is 33.0 Å². The Hall–Kier alpha value is -0.773. The summed E-state index contributed by atoms with van der Waals surface area (Å²) in [5.74, 6) is 1.36. The second kappa shape index (κ2) is 12.6. The molecule has 0 radical (unpaired) electrons. The summed E-state index contributed by atoms with van der Waals surface area (Å²) >= 11 is 6.41. The first-order chi connectivity index (χ1) is 12.5. The van der Waals surface area contributed by atoms with Gasteiger partial charge in [0.1, 0.15) is 5.75 Å². The number of rotatable bonds is 10. The number of ether oxygens (including phenoxy) is 1. The van der Waals surface area contributed by atoms with Crippen LogP contribution >= 0.6 is 20.2 Å². The van der Waals surface area contributed by atoms with E-state index in [4.69, 9.17) is 16.3 Å². The first-order valence-corrected chi connectivity index (χ1v) is 10.7. The molecule has 0 aliphatic carbocycles. The fourth-order valence-electron chi connectivity index (χ4n) is 2.82. The summed E-state index contributed by atoms with van der Waals surface area (Å²) in [7, 11) is 0.0182. The van der Waals surface area contributed by atoms with Crippen molar-refractivity contribution >= 4 is 49.9 Å². The van der Waals surface area contributed by atoms with Gasteiger partial charge in [-0.3, -0.25) is 4.79 Å². The third-order valence-corrected chi connectivity index (χ3v) is 6.28. The van der Waals surface area contributed by atoms with E-state index in [9.17, 15) is 4.79 Å². The second-order valence-corrected chi connectivity index (χ2v) is 8.29. The molecule has 2 aromatic rings. The Morgan fingerprint density at radius 2 is 1.93 bits per heavy atom. The van der Waals surface area contributed by atoms with Crippen molar-refractivity contribution < 1.29 is 9.53 Å². The number of benzene rings is 2. The molecule has 0 spiro atoms. The summed E-state index contributed by atoms with van der Waals surface area (Å²) in [4.78, 5) is 12.5. The molecule has 0 amide bonds. The summed E-state index contributed by atoms with van der Waals surface area (Å²) < 4.78 is 5.93. The maximum absolute atomic E-state index is 12.5. The molecular weight excluding hydrogens is 370 g/mol. The average molecular weight is 399 g/mol. The Labute approximate surface area is 182 Å². The van der Waals surface area contributed by atoms with Crippen LogP contribution in [0.1, 0.15) is 55.5 Å². The normalized spacial score (nSPS) is 12.0. The Bertz CT molecular complexity index is 736. The molecule has 0 fully saturated rings. The second-order valence-electron chi connectivity index (χ2n) is 6.64. The number of hydrogen-bond donors (Lipinski definition) is 0. The number of aryl methyl sites for hydroxylation is 1. The van der Waals surface area contributed by atoms with E-state index >= 15 is 0 Å². The van der Waals surface area contributed by atoms with Crippen LogP contribution in [0, 0.1) is 12.8 Å². The van der Waals surface area contributed by atoms with Gasteiger partial charge in [-0.15, -0.1) is 0 Å². The van der Waals surface area contributed by atoms with E-state index in [1.54, 1.807) is 0 Å². The van der Waals surface area contributed by atoms with Crippen molar-refractivity contribution in [3.63, 3.8) is 0 Å². The number of hydrogen-bond acceptors (Lipinski definition) is 2. The summed E-state index contributed by atoms with van der Waals surface area (Å²) in [6, 6.07) is 13.3. The Kier molecular flexibility index (Phi) is 11.4. The Morgan fingerprint density at radius 3 is 2.56 bits per heavy atom. The molecule has 2 rings (SSSR count). The fourth-order valence-corrected chi connectivity index (χ4v) is 4.15. The van der Waals surface area contributed by atoms with Gasteiger partial charge >= 0.3 is 18.9 Å². The van der Waals surface area contributed by atoms with E-state index < -0.39 is 0 Å². The quantitative estimate of drug-likeness (QED) is 0.377. The van der Waals surface area contributed by atoms with E-state index in [0.29, 0.717) is 10.9 Å². The zero-order chi connectivity index (χ0) is 18.9. The third kappa shape index (κ3) is 7.63. The molecule has 0 aliphatic heterocycles. The number of carbonyl (C=O) groups excluding carboxylic acids is 1. The van der Waals surface area contributed by atoms with Crippen LogP contribution in [0.15, 0.2) is 42.5 Å². The summed E-state index contributed by atoms with van der Waals surface area (Å²) in [5.41, 5.74) is 1.88. The van der Waals surface area contributed by atoms with Gasteiger partial charge in [-0.2, -0.15) is 0 Å². The first-order valence-electron chi connectivity index (χ1n) is 9.34. The monoisotopic (exact) mass is 398 g/mol. The molecule has 0 saturated carbocycles. The molecule has 0 bridgehead atoms. The summed E-state index contributed by atoms with van der Waals surface area (Å²) in [6.45, 7) is 7.10. The van der Waals surface area contributed by atoms with Crippen molar-refractivity contribution in [2.24, 2.45) is 5.92 Å². The standard InChI is InChI=1S/C22H28ClO2P.Li.H/c1-4-6-10-17(5-2)15-25-18-12-13-21(20(23)14-18)26-22(24)19-11-8-7-9-16(19)3;;/h7-9,11-14,17,26H,4-6,10,15H2,1-3H3;;. The molecule has 5 heteroatoms. The van der Waals surface area contributed by atoms with Crippen LogP contribution in [0.25, 0.3) is 0 Å². The number of unbranched alkanes of at least 4 members (excludes halogenated alkanes) is 1. The topological polar surface area (TPSA) is 26.3 Å². The first kappa shape index (κ1) is 24.3. The van der Waals surface area contributed by atoms with E-state index in [1.807, 2.05) is 49.4 Å². The van der Waals surface area contributed by atoms with Gasteiger partial charge in [0.15, 0.2) is 5.52 Å². The van der Waals surface area contributed by atoms with E-state index in [2.05, 4.69) is 13.8 Å². The van der Waals surface area contributed by atoms with E-state index in [1.165, 1.54) is 19.3 Å². The van der Waals surface area contributed by atoms with Crippen LogP contribution in [0.5, 0.6) is 5.75 Å². The molecular formula is C22H29ClLiO2P. The molecule has 142 valence electrons. The number of halogens is 1. The average Bonchev–Trinajstić information content (AvgIpc) is 2.64. The van der Waals surface area contributed by atoms with Crippen LogP contribution in [0.3, 0.4) is 0 Å². The van der Waals surface area contributed by atoms with Gasteiger partial charge in [-0.25, -0.2) is 0 Å². The van der Waals surface area contributed by atoms with Crippen molar-refractivity contribution in [3.8, 4) is 5.75 Å². The molecule has 0 aliphatic rings. The Morgan fingerprint density at radius 1 is 1.19 bits per heavy atom. The van der Waals surface area contributed by atoms with Gasteiger partial charge in [0, 0.05) is 5.56 Å². The van der Waals surface area contributed by atoms with Crippen molar-refractivity contribution in [3.05, 3.63) is 58.6 Å². The minimum atomic E-state index is 0. The SMILES string of the molecule is CCCCC(CC)COc1ccc(PC(=O)c2ccccc2C)c(Cl)c1.[LiH]. The van der Waals surface area contributed by atoms with Crippen molar-refractivity contribution in [1.29, 1.82) is 0 Å². The third-order valence-electron chi connectivity index (χ3n) is 4.61. The van der Waals surface area contributed by atoms with Crippen molar-refractivity contribution in [2.45, 2.75) is 46.5 Å². The Balaban J connectivity index is 0.00000364. The van der Waals surface area contributed by atoms with Gasteiger partial charge in [0.2, 0.25) is 0 Å². The van der Waals surface area contributed by atoms with Gasteiger partial charge < -0.3 is 4.74 Å². The molecule has 2 aromatic carbocycles. The predicted molar refractivity (Wildman–Crippen MR) is 121 cm³/mol. The summed E-state index contributed by atoms with van der Waals surface area (Å²) in [5, 5.41) is 1.47. The van der Waals surface area contributed by atoms with Gasteiger partial charge in [0.25, 0.3) is 0 Å². The van der Waals surface area contributed by atoms with Crippen LogP contribution in [0.4, 0.5) is 0 Å². The van der Waals surface area contributed by atoms with Gasteiger partial charge in [-0.1, -0.05) is 69.0 Å². The molecule has 2 nitrogen and oxygen atoms in total. The van der Waals surface area contributed by atoms with Crippen molar-refractivity contribution in [2.75, 3.05) is 6.61 Å². The molecule has 0 N–H and O–H groups in total. The van der Waals surface area contributed by atoms with E-state index in [0.717, 1.165) is 35.2 Å². The van der Waals surface area contributed by atoms with Crippen LogP contribution < -0.4 is 10.0 Å². The zero-order valence-electron chi connectivity index (χ0n) is 15.8. The minimum absolute atomic E-state index is 0. The molecule has 2 unspecified atom stereocenters. The molecule has 0 saturated heterocycles. The molecule has 0 heterocycles. The number of carbonyl (C=O) groups is 1. The van der Waals surface area contributed by atoms with Crippen LogP contribution in [0.2, 0.25) is 5.02 Å². The maximum atomic E-state index is 12.5. The fraction of sp³-hybridized carbons (Fsp3) is 0.409. The van der Waals surface area contributed by atoms with Crippen LogP contribution in [-0.4, -0.2) is 31.0 Å². The van der Waals surface area contributed by atoms with Gasteiger partial charge in [0.05, 0.1) is 11.6 Å². The predicted octanol–water partition coefficient (Wildman–Crippen LogP) is 5.74.